The second-order valence-corrected chi connectivity index (χ2v) is 12.1. The van der Waals surface area contributed by atoms with Crippen LogP contribution in [0.15, 0.2) is 85.0 Å². The first-order chi connectivity index (χ1) is 19.0. The molecule has 7 nitrogen and oxygen atoms in total. The number of ether oxygens (including phenoxy) is 1. The summed E-state index contributed by atoms with van der Waals surface area (Å²) in [6, 6.07) is 18.0. The SMILES string of the molecule is O=C1OCCC=C[C@@H]2S[C@]34C=CCN(Cc5ccccc5)C(=O)C3N([C@@H](CO)Cc3ccccc3)C(=O)[C@@H]4[C@H]12. The van der Waals surface area contributed by atoms with Gasteiger partial charge in [-0.15, -0.1) is 11.8 Å². The largest absolute Gasteiger partial charge is 0.465 e. The van der Waals surface area contributed by atoms with E-state index in [1.807, 2.05) is 85.0 Å². The van der Waals surface area contributed by atoms with Crippen LogP contribution in [0.2, 0.25) is 0 Å². The zero-order valence-corrected chi connectivity index (χ0v) is 22.4. The average molecular weight is 545 g/mol. The fourth-order valence-electron chi connectivity index (χ4n) is 6.57. The van der Waals surface area contributed by atoms with E-state index in [4.69, 9.17) is 4.74 Å². The number of aliphatic hydroxyl groups is 1. The van der Waals surface area contributed by atoms with Gasteiger partial charge in [0.15, 0.2) is 0 Å². The number of benzene rings is 2. The van der Waals surface area contributed by atoms with Gasteiger partial charge in [0.1, 0.15) is 6.04 Å². The Morgan fingerprint density at radius 1 is 0.974 bits per heavy atom. The van der Waals surface area contributed by atoms with Gasteiger partial charge in [-0.25, -0.2) is 0 Å². The van der Waals surface area contributed by atoms with Crippen LogP contribution in [0.25, 0.3) is 0 Å². The Kier molecular flexibility index (Phi) is 7.08. The molecule has 2 amide bonds. The predicted molar refractivity (Wildman–Crippen MR) is 148 cm³/mol. The van der Waals surface area contributed by atoms with Crippen molar-refractivity contribution in [3.05, 3.63) is 96.1 Å². The Hall–Kier alpha value is -3.36. The highest BCUT2D eigenvalue weighted by molar-refractivity contribution is 8.02. The topological polar surface area (TPSA) is 87.2 Å². The Morgan fingerprint density at radius 2 is 1.69 bits per heavy atom. The summed E-state index contributed by atoms with van der Waals surface area (Å²) in [7, 11) is 0. The van der Waals surface area contributed by atoms with E-state index in [2.05, 4.69) is 0 Å². The van der Waals surface area contributed by atoms with E-state index < -0.39 is 28.7 Å². The highest BCUT2D eigenvalue weighted by Gasteiger charge is 2.71. The monoisotopic (exact) mass is 544 g/mol. The molecule has 6 atom stereocenters. The Bertz CT molecular complexity index is 1300. The van der Waals surface area contributed by atoms with Crippen molar-refractivity contribution < 1.29 is 24.2 Å². The summed E-state index contributed by atoms with van der Waals surface area (Å²) in [5.74, 6) is -2.26. The molecule has 4 heterocycles. The van der Waals surface area contributed by atoms with Crippen LogP contribution in [-0.4, -0.2) is 74.5 Å². The molecule has 2 aromatic rings. The molecule has 2 aromatic carbocycles. The van der Waals surface area contributed by atoms with Crippen molar-refractivity contribution in [2.75, 3.05) is 19.8 Å². The molecule has 1 N–H and O–H groups in total. The molecule has 1 unspecified atom stereocenters. The lowest BCUT2D eigenvalue weighted by Crippen LogP contribution is -2.56. The lowest BCUT2D eigenvalue weighted by Gasteiger charge is -2.38. The molecule has 0 bridgehead atoms. The van der Waals surface area contributed by atoms with E-state index >= 15 is 0 Å². The maximum atomic E-state index is 14.5. The van der Waals surface area contributed by atoms with Crippen molar-refractivity contribution in [1.29, 1.82) is 0 Å². The van der Waals surface area contributed by atoms with Gasteiger partial charge in [0.2, 0.25) is 11.8 Å². The molecular formula is C31H32N2O5S. The minimum atomic E-state index is -0.938. The van der Waals surface area contributed by atoms with Gasteiger partial charge in [-0.2, -0.15) is 0 Å². The van der Waals surface area contributed by atoms with Crippen LogP contribution in [0, 0.1) is 11.8 Å². The van der Waals surface area contributed by atoms with E-state index in [0.717, 1.165) is 11.1 Å². The molecular weight excluding hydrogens is 512 g/mol. The van der Waals surface area contributed by atoms with Crippen LogP contribution in [0.5, 0.6) is 0 Å². The Morgan fingerprint density at radius 3 is 2.41 bits per heavy atom. The smallest absolute Gasteiger partial charge is 0.311 e. The van der Waals surface area contributed by atoms with Gasteiger partial charge in [-0.05, 0) is 24.0 Å². The van der Waals surface area contributed by atoms with E-state index in [0.29, 0.717) is 25.9 Å². The average Bonchev–Trinajstić information content (AvgIpc) is 3.34. The van der Waals surface area contributed by atoms with Crippen molar-refractivity contribution in [3.8, 4) is 0 Å². The fourth-order valence-corrected chi connectivity index (χ4v) is 8.56. The normalized spacial score (nSPS) is 30.6. The Labute approximate surface area is 232 Å². The zero-order chi connectivity index (χ0) is 27.0. The van der Waals surface area contributed by atoms with Gasteiger partial charge < -0.3 is 19.6 Å². The van der Waals surface area contributed by atoms with Gasteiger partial charge in [0, 0.05) is 18.3 Å². The quantitative estimate of drug-likeness (QED) is 0.445. The summed E-state index contributed by atoms with van der Waals surface area (Å²) in [6.45, 7) is 0.792. The molecule has 6 rings (SSSR count). The van der Waals surface area contributed by atoms with Crippen molar-refractivity contribution in [2.24, 2.45) is 11.8 Å². The number of nitrogens with zero attached hydrogens (tertiary/aromatic N) is 2. The molecule has 2 saturated heterocycles. The van der Waals surface area contributed by atoms with Gasteiger partial charge in [-0.3, -0.25) is 14.4 Å². The van der Waals surface area contributed by atoms with Crippen LogP contribution in [0.1, 0.15) is 17.5 Å². The summed E-state index contributed by atoms with van der Waals surface area (Å²) in [6.07, 6.45) is 9.01. The van der Waals surface area contributed by atoms with Gasteiger partial charge >= 0.3 is 5.97 Å². The van der Waals surface area contributed by atoms with Gasteiger partial charge in [0.25, 0.3) is 0 Å². The minimum absolute atomic E-state index is 0.162. The summed E-state index contributed by atoms with van der Waals surface area (Å²) < 4.78 is 4.62. The third-order valence-electron chi connectivity index (χ3n) is 8.28. The van der Waals surface area contributed by atoms with Crippen LogP contribution in [0.4, 0.5) is 0 Å². The number of fused-ring (bicyclic) bond motifs is 2. The molecule has 0 radical (unpaired) electrons. The molecule has 202 valence electrons. The molecule has 0 aromatic heterocycles. The standard InChI is InChI=1S/C31H32N2O5S/c34-20-23(18-21-10-3-1-4-11-21)33-27-29(36)32(19-22-12-5-2-6-13-22)16-9-15-31(27)26(28(33)35)25-24(39-31)14-7-8-17-38-30(25)37/h1-7,9-15,23-27,34H,8,16-20H2/t23-,24+,25-,26+,27?,31+/m1/s1. The predicted octanol–water partition coefficient (Wildman–Crippen LogP) is 2.99. The van der Waals surface area contributed by atoms with E-state index in [-0.39, 0.29) is 36.2 Å². The van der Waals surface area contributed by atoms with Crippen molar-refractivity contribution >= 4 is 29.5 Å². The van der Waals surface area contributed by atoms with Crippen molar-refractivity contribution in [1.82, 2.24) is 9.80 Å². The fraction of sp³-hybridized carbons (Fsp3) is 0.387. The lowest BCUT2D eigenvalue weighted by atomic mass is 9.78. The molecule has 0 aliphatic carbocycles. The number of hydrogen-bond acceptors (Lipinski definition) is 6. The van der Waals surface area contributed by atoms with Crippen LogP contribution in [-0.2, 0) is 32.1 Å². The molecule has 4 aliphatic heterocycles. The highest BCUT2D eigenvalue weighted by Crippen LogP contribution is 2.61. The number of esters is 1. The molecule has 8 heteroatoms. The first-order valence-electron chi connectivity index (χ1n) is 13.5. The zero-order valence-electron chi connectivity index (χ0n) is 21.6. The number of carbonyl (C=O) groups excluding carboxylic acids is 3. The lowest BCUT2D eigenvalue weighted by molar-refractivity contribution is -0.153. The van der Waals surface area contributed by atoms with Gasteiger partial charge in [-0.1, -0.05) is 85.0 Å². The minimum Gasteiger partial charge on any atom is -0.465 e. The third-order valence-corrected chi connectivity index (χ3v) is 10.0. The molecule has 39 heavy (non-hydrogen) atoms. The van der Waals surface area contributed by atoms with Crippen LogP contribution in [0.3, 0.4) is 0 Å². The van der Waals surface area contributed by atoms with Gasteiger partial charge in [0.05, 0.1) is 35.8 Å². The summed E-state index contributed by atoms with van der Waals surface area (Å²) in [4.78, 5) is 45.6. The maximum absolute atomic E-state index is 14.5. The highest BCUT2D eigenvalue weighted by atomic mass is 32.2. The number of amides is 2. The van der Waals surface area contributed by atoms with Crippen molar-refractivity contribution in [2.45, 2.75) is 41.5 Å². The van der Waals surface area contributed by atoms with E-state index in [1.165, 1.54) is 11.8 Å². The number of likely N-dealkylation sites (tertiary alicyclic amines) is 1. The third kappa shape index (κ3) is 4.49. The molecule has 0 saturated carbocycles. The van der Waals surface area contributed by atoms with E-state index in [9.17, 15) is 19.5 Å². The second kappa shape index (κ2) is 10.7. The number of hydrogen-bond donors (Lipinski definition) is 1. The number of rotatable bonds is 6. The number of aliphatic hydroxyl groups excluding tert-OH is 1. The summed E-state index contributed by atoms with van der Waals surface area (Å²) in [5, 5.41) is 10.3. The number of thioether (sulfide) groups is 1. The molecule has 1 spiro atoms. The first-order valence-corrected chi connectivity index (χ1v) is 14.4. The van der Waals surface area contributed by atoms with Crippen molar-refractivity contribution in [3.63, 3.8) is 0 Å². The number of carbonyl (C=O) groups is 3. The van der Waals surface area contributed by atoms with E-state index in [1.54, 1.807) is 9.80 Å². The second-order valence-electron chi connectivity index (χ2n) is 10.6. The maximum Gasteiger partial charge on any atom is 0.311 e. The van der Waals surface area contributed by atoms with Crippen LogP contribution >= 0.6 is 11.8 Å². The first kappa shape index (κ1) is 25.9. The number of cyclic esters (lactones) is 1. The molecule has 2 fully saturated rings. The molecule has 4 aliphatic rings. The summed E-state index contributed by atoms with van der Waals surface area (Å²) in [5.41, 5.74) is 1.96. The summed E-state index contributed by atoms with van der Waals surface area (Å²) >= 11 is 1.52. The Balaban J connectivity index is 1.44. The van der Waals surface area contributed by atoms with Crippen LogP contribution < -0.4 is 0 Å².